The smallest absolute Gasteiger partial charge is 0.372 e. The van der Waals surface area contributed by atoms with Gasteiger partial charge in [-0.15, -0.1) is 0 Å². The molecule has 0 aliphatic heterocycles. The maximum atomic E-state index is 11.4. The Bertz CT molecular complexity index is 453. The summed E-state index contributed by atoms with van der Waals surface area (Å²) in [6, 6.07) is 1.70. The van der Waals surface area contributed by atoms with E-state index in [0.29, 0.717) is 17.9 Å². The number of carbonyl (C=O) groups is 2. The van der Waals surface area contributed by atoms with Gasteiger partial charge in [-0.3, -0.25) is 9.69 Å². The van der Waals surface area contributed by atoms with Gasteiger partial charge in [0.25, 0.3) is 0 Å². The second kappa shape index (κ2) is 6.94. The Balaban J connectivity index is 2.75. The first-order chi connectivity index (χ1) is 8.97. The first kappa shape index (κ1) is 15.2. The predicted octanol–water partition coefficient (Wildman–Crippen LogP) is 1.24. The number of nitrogens with zero attached hydrogens (tertiary/aromatic N) is 1. The molecule has 0 atom stereocenters. The molecule has 1 heterocycles. The van der Waals surface area contributed by atoms with Crippen LogP contribution in [0.1, 0.15) is 35.2 Å². The molecule has 19 heavy (non-hydrogen) atoms. The van der Waals surface area contributed by atoms with E-state index in [1.165, 1.54) is 0 Å². The predicted molar refractivity (Wildman–Crippen MR) is 70.0 cm³/mol. The van der Waals surface area contributed by atoms with Crippen molar-refractivity contribution in [1.82, 2.24) is 10.2 Å². The molecule has 0 radical (unpaired) electrons. The third-order valence-corrected chi connectivity index (χ3v) is 2.73. The average Bonchev–Trinajstić information content (AvgIpc) is 2.70. The summed E-state index contributed by atoms with van der Waals surface area (Å²) < 4.78 is 5.29. The Morgan fingerprint density at radius 2 is 2.16 bits per heavy atom. The highest BCUT2D eigenvalue weighted by Gasteiger charge is 2.17. The van der Waals surface area contributed by atoms with Crippen LogP contribution in [0.5, 0.6) is 0 Å². The largest absolute Gasteiger partial charge is 0.475 e. The second-order valence-corrected chi connectivity index (χ2v) is 4.41. The van der Waals surface area contributed by atoms with Crippen LogP contribution in [0, 0.1) is 6.92 Å². The van der Waals surface area contributed by atoms with Gasteiger partial charge in [-0.1, -0.05) is 6.92 Å². The van der Waals surface area contributed by atoms with Crippen LogP contribution in [0.25, 0.3) is 0 Å². The number of amides is 1. The van der Waals surface area contributed by atoms with Gasteiger partial charge < -0.3 is 14.8 Å². The monoisotopic (exact) mass is 268 g/mol. The van der Waals surface area contributed by atoms with E-state index in [0.717, 1.165) is 13.0 Å². The highest BCUT2D eigenvalue weighted by atomic mass is 16.4. The molecule has 0 aromatic carbocycles. The first-order valence-corrected chi connectivity index (χ1v) is 6.23. The normalized spacial score (nSPS) is 10.7. The van der Waals surface area contributed by atoms with Crippen LogP contribution in [0.2, 0.25) is 0 Å². The average molecular weight is 268 g/mol. The summed E-state index contributed by atoms with van der Waals surface area (Å²) in [7, 11) is 1.59. The fourth-order valence-corrected chi connectivity index (χ4v) is 1.87. The van der Waals surface area contributed by atoms with Crippen molar-refractivity contribution in [2.24, 2.45) is 0 Å². The SMILES string of the molecule is CCCN(CC(=O)NC)Cc1cc(C)c(C(=O)O)o1. The third kappa shape index (κ3) is 4.40. The van der Waals surface area contributed by atoms with E-state index in [-0.39, 0.29) is 18.2 Å². The number of rotatable bonds is 7. The fraction of sp³-hybridized carbons (Fsp3) is 0.538. The number of carbonyl (C=O) groups excluding carboxylic acids is 1. The third-order valence-electron chi connectivity index (χ3n) is 2.73. The van der Waals surface area contributed by atoms with Crippen LogP contribution in [-0.4, -0.2) is 42.0 Å². The topological polar surface area (TPSA) is 82.8 Å². The Hall–Kier alpha value is -1.82. The lowest BCUT2D eigenvalue weighted by atomic mass is 10.2. The van der Waals surface area contributed by atoms with Gasteiger partial charge in [0, 0.05) is 12.6 Å². The van der Waals surface area contributed by atoms with Gasteiger partial charge >= 0.3 is 5.97 Å². The zero-order valence-corrected chi connectivity index (χ0v) is 11.5. The van der Waals surface area contributed by atoms with Gasteiger partial charge in [0.1, 0.15) is 5.76 Å². The molecule has 0 saturated heterocycles. The molecule has 0 saturated carbocycles. The summed E-state index contributed by atoms with van der Waals surface area (Å²) in [5, 5.41) is 11.5. The minimum Gasteiger partial charge on any atom is -0.475 e. The summed E-state index contributed by atoms with van der Waals surface area (Å²) >= 11 is 0. The molecule has 0 aliphatic carbocycles. The van der Waals surface area contributed by atoms with Crippen molar-refractivity contribution >= 4 is 11.9 Å². The maximum Gasteiger partial charge on any atom is 0.372 e. The number of hydrogen-bond acceptors (Lipinski definition) is 4. The molecule has 1 rings (SSSR count). The molecule has 6 nitrogen and oxygen atoms in total. The van der Waals surface area contributed by atoms with Gasteiger partial charge in [0.15, 0.2) is 0 Å². The van der Waals surface area contributed by atoms with Gasteiger partial charge in [-0.05, 0) is 26.0 Å². The summed E-state index contributed by atoms with van der Waals surface area (Å²) in [6.45, 7) is 5.16. The van der Waals surface area contributed by atoms with Crippen LogP contribution < -0.4 is 5.32 Å². The lowest BCUT2D eigenvalue weighted by Gasteiger charge is -2.19. The molecule has 0 spiro atoms. The Kier molecular flexibility index (Phi) is 5.57. The molecule has 0 unspecified atom stereocenters. The lowest BCUT2D eigenvalue weighted by molar-refractivity contribution is -0.121. The number of hydrogen-bond donors (Lipinski definition) is 2. The van der Waals surface area contributed by atoms with Crippen molar-refractivity contribution in [2.75, 3.05) is 20.1 Å². The van der Waals surface area contributed by atoms with E-state index in [1.807, 2.05) is 11.8 Å². The zero-order chi connectivity index (χ0) is 14.4. The molecule has 0 fully saturated rings. The molecule has 2 N–H and O–H groups in total. The van der Waals surface area contributed by atoms with Crippen molar-refractivity contribution in [3.8, 4) is 0 Å². The molecule has 0 aliphatic rings. The number of likely N-dealkylation sites (N-methyl/N-ethyl adjacent to an activating group) is 1. The van der Waals surface area contributed by atoms with Gasteiger partial charge in [0.05, 0.1) is 13.1 Å². The van der Waals surface area contributed by atoms with Crippen LogP contribution in [0.3, 0.4) is 0 Å². The minimum absolute atomic E-state index is 0.0357. The molecule has 0 bridgehead atoms. The first-order valence-electron chi connectivity index (χ1n) is 6.23. The Morgan fingerprint density at radius 3 is 2.63 bits per heavy atom. The number of carboxylic acids is 1. The van der Waals surface area contributed by atoms with Crippen molar-refractivity contribution in [2.45, 2.75) is 26.8 Å². The molecule has 1 aromatic rings. The van der Waals surface area contributed by atoms with Crippen LogP contribution in [0.15, 0.2) is 10.5 Å². The molecular formula is C13H20N2O4. The highest BCUT2D eigenvalue weighted by molar-refractivity contribution is 5.86. The quantitative estimate of drug-likeness (QED) is 0.777. The number of aromatic carboxylic acids is 1. The van der Waals surface area contributed by atoms with E-state index >= 15 is 0 Å². The maximum absolute atomic E-state index is 11.4. The van der Waals surface area contributed by atoms with Crippen molar-refractivity contribution in [1.29, 1.82) is 0 Å². The minimum atomic E-state index is -1.07. The fourth-order valence-electron chi connectivity index (χ4n) is 1.87. The van der Waals surface area contributed by atoms with E-state index in [4.69, 9.17) is 9.52 Å². The standard InChI is InChI=1S/C13H20N2O4/c1-4-5-15(8-11(16)14-3)7-10-6-9(2)12(19-10)13(17)18/h6H,4-5,7-8H2,1-3H3,(H,14,16)(H,17,18). The van der Waals surface area contributed by atoms with E-state index in [1.54, 1.807) is 20.0 Å². The van der Waals surface area contributed by atoms with E-state index in [2.05, 4.69) is 5.32 Å². The number of aryl methyl sites for hydroxylation is 1. The highest BCUT2D eigenvalue weighted by Crippen LogP contribution is 2.16. The molecule has 6 heteroatoms. The number of nitrogens with one attached hydrogen (secondary N) is 1. The molecule has 106 valence electrons. The molecular weight excluding hydrogens is 248 g/mol. The Morgan fingerprint density at radius 1 is 1.47 bits per heavy atom. The number of carboxylic acid groups (broad SMARTS) is 1. The van der Waals surface area contributed by atoms with E-state index < -0.39 is 5.97 Å². The van der Waals surface area contributed by atoms with Gasteiger partial charge in [-0.25, -0.2) is 4.79 Å². The molecule has 1 amide bonds. The second-order valence-electron chi connectivity index (χ2n) is 4.41. The summed E-state index contributed by atoms with van der Waals surface area (Å²) in [5.41, 5.74) is 0.596. The van der Waals surface area contributed by atoms with Crippen molar-refractivity contribution in [3.63, 3.8) is 0 Å². The Labute approximate surface area is 112 Å². The van der Waals surface area contributed by atoms with Crippen LogP contribution >= 0.6 is 0 Å². The van der Waals surface area contributed by atoms with Gasteiger partial charge in [-0.2, -0.15) is 0 Å². The van der Waals surface area contributed by atoms with Crippen LogP contribution in [-0.2, 0) is 11.3 Å². The van der Waals surface area contributed by atoms with Crippen molar-refractivity contribution < 1.29 is 19.1 Å². The summed E-state index contributed by atoms with van der Waals surface area (Å²) in [5.74, 6) is -0.620. The van der Waals surface area contributed by atoms with Gasteiger partial charge in [0.2, 0.25) is 11.7 Å². The summed E-state index contributed by atoms with van der Waals surface area (Å²) in [6.07, 6.45) is 0.905. The van der Waals surface area contributed by atoms with Crippen LogP contribution in [0.4, 0.5) is 0 Å². The number of furan rings is 1. The zero-order valence-electron chi connectivity index (χ0n) is 11.5. The summed E-state index contributed by atoms with van der Waals surface area (Å²) in [4.78, 5) is 24.2. The molecule has 1 aromatic heterocycles. The lowest BCUT2D eigenvalue weighted by Crippen LogP contribution is -2.35. The van der Waals surface area contributed by atoms with Crippen molar-refractivity contribution in [3.05, 3.63) is 23.2 Å². The van der Waals surface area contributed by atoms with E-state index in [9.17, 15) is 9.59 Å².